The predicted molar refractivity (Wildman–Crippen MR) is 70.9 cm³/mol. The highest BCUT2D eigenvalue weighted by atomic mass is 16.5. The van der Waals surface area contributed by atoms with Gasteiger partial charge in [-0.05, 0) is 37.2 Å². The number of rotatable bonds is 3. The van der Waals surface area contributed by atoms with Crippen LogP contribution in [0.1, 0.15) is 24.5 Å². The monoisotopic (exact) mass is 233 g/mol. The zero-order valence-electron chi connectivity index (χ0n) is 10.9. The van der Waals surface area contributed by atoms with Crippen LogP contribution in [0.4, 0.5) is 0 Å². The highest BCUT2D eigenvalue weighted by Crippen LogP contribution is 2.25. The van der Waals surface area contributed by atoms with Crippen LogP contribution in [0.2, 0.25) is 0 Å². The fourth-order valence-corrected chi connectivity index (χ4v) is 2.68. The summed E-state index contributed by atoms with van der Waals surface area (Å²) in [6.45, 7) is 6.10. The molecule has 1 aromatic carbocycles. The maximum absolute atomic E-state index is 6.35. The van der Waals surface area contributed by atoms with E-state index in [2.05, 4.69) is 38.1 Å². The van der Waals surface area contributed by atoms with Crippen LogP contribution < -0.4 is 5.73 Å². The first-order valence-corrected chi connectivity index (χ1v) is 6.55. The van der Waals surface area contributed by atoms with Crippen molar-refractivity contribution in [2.45, 2.75) is 32.7 Å². The van der Waals surface area contributed by atoms with Crippen molar-refractivity contribution < 1.29 is 4.74 Å². The van der Waals surface area contributed by atoms with E-state index >= 15 is 0 Å². The van der Waals surface area contributed by atoms with Crippen molar-refractivity contribution in [2.75, 3.05) is 13.2 Å². The van der Waals surface area contributed by atoms with Gasteiger partial charge in [-0.1, -0.05) is 36.8 Å². The van der Waals surface area contributed by atoms with E-state index in [0.717, 1.165) is 26.1 Å². The molecule has 17 heavy (non-hydrogen) atoms. The number of hydrogen-bond acceptors (Lipinski definition) is 2. The van der Waals surface area contributed by atoms with E-state index in [1.807, 2.05) is 0 Å². The second-order valence-corrected chi connectivity index (χ2v) is 5.36. The van der Waals surface area contributed by atoms with Gasteiger partial charge in [0.1, 0.15) is 0 Å². The standard InChI is InChI=1S/C15H23NO/c1-11-3-5-13(6-4-11)9-15(16)14-7-8-17-10-12(14)2/h3-6,12,14-15H,7-10,16H2,1-2H3. The molecule has 0 spiro atoms. The normalized spacial score (nSPS) is 26.8. The lowest BCUT2D eigenvalue weighted by atomic mass is 9.81. The van der Waals surface area contributed by atoms with Crippen molar-refractivity contribution >= 4 is 0 Å². The predicted octanol–water partition coefficient (Wildman–Crippen LogP) is 2.54. The van der Waals surface area contributed by atoms with Gasteiger partial charge in [0, 0.05) is 19.3 Å². The minimum absolute atomic E-state index is 0.261. The highest BCUT2D eigenvalue weighted by Gasteiger charge is 2.27. The van der Waals surface area contributed by atoms with Crippen molar-refractivity contribution in [3.8, 4) is 0 Å². The Morgan fingerprint density at radius 2 is 2.06 bits per heavy atom. The Bertz CT molecular complexity index is 346. The summed E-state index contributed by atoms with van der Waals surface area (Å²) in [5, 5.41) is 0. The molecule has 1 aliphatic rings. The fourth-order valence-electron chi connectivity index (χ4n) is 2.68. The molecule has 0 amide bonds. The summed E-state index contributed by atoms with van der Waals surface area (Å²) in [6.07, 6.45) is 2.09. The van der Waals surface area contributed by atoms with Gasteiger partial charge in [-0.3, -0.25) is 0 Å². The minimum atomic E-state index is 0.261. The molecule has 1 heterocycles. The molecule has 0 bridgehead atoms. The molecule has 3 atom stereocenters. The van der Waals surface area contributed by atoms with E-state index in [1.165, 1.54) is 11.1 Å². The molecule has 2 nitrogen and oxygen atoms in total. The van der Waals surface area contributed by atoms with Crippen molar-refractivity contribution in [1.82, 2.24) is 0 Å². The Kier molecular flexibility index (Phi) is 4.19. The van der Waals surface area contributed by atoms with Gasteiger partial charge < -0.3 is 10.5 Å². The smallest absolute Gasteiger partial charge is 0.0494 e. The van der Waals surface area contributed by atoms with Crippen molar-refractivity contribution in [1.29, 1.82) is 0 Å². The molecule has 2 rings (SSSR count). The van der Waals surface area contributed by atoms with E-state index in [1.54, 1.807) is 0 Å². The molecular formula is C15H23NO. The Morgan fingerprint density at radius 1 is 1.35 bits per heavy atom. The second-order valence-electron chi connectivity index (χ2n) is 5.36. The molecule has 1 saturated heterocycles. The Hall–Kier alpha value is -0.860. The third-order valence-electron chi connectivity index (χ3n) is 3.85. The number of hydrogen-bond donors (Lipinski definition) is 1. The molecule has 1 aliphatic heterocycles. The Labute approximate surface area is 104 Å². The maximum atomic E-state index is 6.35. The number of benzene rings is 1. The maximum Gasteiger partial charge on any atom is 0.0494 e. The van der Waals surface area contributed by atoms with Gasteiger partial charge in [0.2, 0.25) is 0 Å². The lowest BCUT2D eigenvalue weighted by molar-refractivity contribution is 0.0157. The fraction of sp³-hybridized carbons (Fsp3) is 0.600. The quantitative estimate of drug-likeness (QED) is 0.870. The zero-order chi connectivity index (χ0) is 12.3. The summed E-state index contributed by atoms with van der Waals surface area (Å²) < 4.78 is 5.47. The molecule has 0 aromatic heterocycles. The largest absolute Gasteiger partial charge is 0.381 e. The molecule has 1 fully saturated rings. The van der Waals surface area contributed by atoms with Gasteiger partial charge in [-0.15, -0.1) is 0 Å². The molecule has 0 radical (unpaired) electrons. The second kappa shape index (κ2) is 5.65. The highest BCUT2D eigenvalue weighted by molar-refractivity contribution is 5.22. The lowest BCUT2D eigenvalue weighted by Gasteiger charge is -2.33. The van der Waals surface area contributed by atoms with E-state index in [0.29, 0.717) is 11.8 Å². The summed E-state index contributed by atoms with van der Waals surface area (Å²) in [5.74, 6) is 1.19. The third kappa shape index (κ3) is 3.30. The van der Waals surface area contributed by atoms with Gasteiger partial charge in [0.05, 0.1) is 0 Å². The SMILES string of the molecule is Cc1ccc(CC(N)C2CCOCC2C)cc1. The van der Waals surface area contributed by atoms with Crippen LogP contribution in [0.3, 0.4) is 0 Å². The van der Waals surface area contributed by atoms with Crippen molar-refractivity contribution in [3.05, 3.63) is 35.4 Å². The summed E-state index contributed by atoms with van der Waals surface area (Å²) in [7, 11) is 0. The number of ether oxygens (including phenoxy) is 1. The molecule has 2 N–H and O–H groups in total. The molecule has 0 saturated carbocycles. The van der Waals surface area contributed by atoms with Gasteiger partial charge in [0.15, 0.2) is 0 Å². The van der Waals surface area contributed by atoms with Gasteiger partial charge in [0.25, 0.3) is 0 Å². The average Bonchev–Trinajstić information content (AvgIpc) is 2.32. The van der Waals surface area contributed by atoms with Crippen LogP contribution in [0.15, 0.2) is 24.3 Å². The first-order chi connectivity index (χ1) is 8.16. The summed E-state index contributed by atoms with van der Waals surface area (Å²) in [6, 6.07) is 8.97. The molecule has 0 aliphatic carbocycles. The van der Waals surface area contributed by atoms with Crippen LogP contribution >= 0.6 is 0 Å². The summed E-state index contributed by atoms with van der Waals surface area (Å²) >= 11 is 0. The van der Waals surface area contributed by atoms with E-state index < -0.39 is 0 Å². The van der Waals surface area contributed by atoms with Gasteiger partial charge >= 0.3 is 0 Å². The first kappa shape index (κ1) is 12.6. The molecule has 1 aromatic rings. The van der Waals surface area contributed by atoms with Crippen LogP contribution in [0.5, 0.6) is 0 Å². The van der Waals surface area contributed by atoms with Crippen LogP contribution in [0.25, 0.3) is 0 Å². The van der Waals surface area contributed by atoms with Crippen LogP contribution in [0, 0.1) is 18.8 Å². The number of nitrogens with two attached hydrogens (primary N) is 1. The third-order valence-corrected chi connectivity index (χ3v) is 3.85. The molecule has 94 valence electrons. The molecule has 2 heteroatoms. The topological polar surface area (TPSA) is 35.2 Å². The van der Waals surface area contributed by atoms with Crippen molar-refractivity contribution in [3.63, 3.8) is 0 Å². The summed E-state index contributed by atoms with van der Waals surface area (Å²) in [5.41, 5.74) is 9.01. The van der Waals surface area contributed by atoms with Crippen LogP contribution in [-0.2, 0) is 11.2 Å². The van der Waals surface area contributed by atoms with E-state index in [4.69, 9.17) is 10.5 Å². The van der Waals surface area contributed by atoms with E-state index in [-0.39, 0.29) is 6.04 Å². The van der Waals surface area contributed by atoms with E-state index in [9.17, 15) is 0 Å². The Morgan fingerprint density at radius 3 is 2.71 bits per heavy atom. The minimum Gasteiger partial charge on any atom is -0.381 e. The van der Waals surface area contributed by atoms with Crippen LogP contribution in [-0.4, -0.2) is 19.3 Å². The Balaban J connectivity index is 1.95. The average molecular weight is 233 g/mol. The first-order valence-electron chi connectivity index (χ1n) is 6.55. The van der Waals surface area contributed by atoms with Gasteiger partial charge in [-0.25, -0.2) is 0 Å². The zero-order valence-corrected chi connectivity index (χ0v) is 10.9. The molecular weight excluding hydrogens is 210 g/mol. The van der Waals surface area contributed by atoms with Crippen molar-refractivity contribution in [2.24, 2.45) is 17.6 Å². The lowest BCUT2D eigenvalue weighted by Crippen LogP contribution is -2.40. The molecule has 3 unspecified atom stereocenters. The van der Waals surface area contributed by atoms with Gasteiger partial charge in [-0.2, -0.15) is 0 Å². The number of aryl methyl sites for hydroxylation is 1. The summed E-state index contributed by atoms with van der Waals surface area (Å²) in [4.78, 5) is 0.